The molecule has 0 aromatic rings. The van der Waals surface area contributed by atoms with Crippen LogP contribution in [0.4, 0.5) is 0 Å². The molecular weight excluding hydrogens is 707 g/mol. The molecule has 3 N–H and O–H groups in total. The van der Waals surface area contributed by atoms with Crippen molar-refractivity contribution in [2.24, 2.45) is 0 Å². The van der Waals surface area contributed by atoms with Gasteiger partial charge in [-0.3, -0.25) is 9.59 Å². The highest BCUT2D eigenvalue weighted by atomic mass is 16.5. The summed E-state index contributed by atoms with van der Waals surface area (Å²) in [4.78, 5) is 26.1. The highest BCUT2D eigenvalue weighted by molar-refractivity contribution is 5.77. The molecule has 6 nitrogen and oxygen atoms in total. The monoisotopic (exact) mass is 806 g/mol. The van der Waals surface area contributed by atoms with Crippen LogP contribution in [0.15, 0.2) is 12.2 Å². The number of ether oxygens (including phenoxy) is 1. The van der Waals surface area contributed by atoms with E-state index in [-0.39, 0.29) is 24.9 Å². The number of hydrogen-bond acceptors (Lipinski definition) is 5. The van der Waals surface area contributed by atoms with Gasteiger partial charge in [-0.25, -0.2) is 0 Å². The Kier molecular flexibility index (Phi) is 44.6. The number of aliphatic hydroxyl groups excluding tert-OH is 2. The minimum atomic E-state index is -0.783. The molecule has 0 fully saturated rings. The molecule has 6 heteroatoms. The van der Waals surface area contributed by atoms with Crippen molar-refractivity contribution >= 4 is 11.9 Å². The first kappa shape index (κ1) is 55.6. The van der Waals surface area contributed by atoms with Crippen molar-refractivity contribution in [1.82, 2.24) is 5.32 Å². The van der Waals surface area contributed by atoms with E-state index in [0.717, 1.165) is 51.4 Å². The van der Waals surface area contributed by atoms with Crippen molar-refractivity contribution in [2.75, 3.05) is 6.61 Å². The van der Waals surface area contributed by atoms with Crippen LogP contribution >= 0.6 is 0 Å². The van der Waals surface area contributed by atoms with Crippen molar-refractivity contribution in [3.8, 4) is 0 Å². The predicted molar refractivity (Wildman–Crippen MR) is 246 cm³/mol. The number of esters is 1. The van der Waals surface area contributed by atoms with Crippen LogP contribution in [-0.2, 0) is 14.3 Å². The first-order valence-corrected chi connectivity index (χ1v) is 25.4. The van der Waals surface area contributed by atoms with E-state index >= 15 is 0 Å². The molecular formula is C51H99NO5. The lowest BCUT2D eigenvalue weighted by molar-refractivity contribution is -0.151. The van der Waals surface area contributed by atoms with E-state index in [1.807, 2.05) is 0 Å². The van der Waals surface area contributed by atoms with E-state index in [1.54, 1.807) is 0 Å². The summed E-state index contributed by atoms with van der Waals surface area (Å²) in [6.45, 7) is 6.49. The van der Waals surface area contributed by atoms with Gasteiger partial charge in [0.15, 0.2) is 0 Å². The van der Waals surface area contributed by atoms with Crippen molar-refractivity contribution in [3.05, 3.63) is 12.2 Å². The van der Waals surface area contributed by atoms with Crippen LogP contribution in [-0.4, -0.2) is 46.9 Å². The molecule has 0 aromatic carbocycles. The van der Waals surface area contributed by atoms with Gasteiger partial charge in [-0.1, -0.05) is 226 Å². The second-order valence-electron chi connectivity index (χ2n) is 17.6. The lowest BCUT2D eigenvalue weighted by atomic mass is 10.0. The molecule has 3 unspecified atom stereocenters. The van der Waals surface area contributed by atoms with E-state index < -0.39 is 18.2 Å². The fraction of sp³-hybridized carbons (Fsp3) is 0.922. The molecule has 0 aliphatic heterocycles. The summed E-state index contributed by atoms with van der Waals surface area (Å²) in [6.07, 6.45) is 49.8. The van der Waals surface area contributed by atoms with Crippen molar-refractivity contribution in [3.63, 3.8) is 0 Å². The van der Waals surface area contributed by atoms with Crippen LogP contribution in [0.2, 0.25) is 0 Å². The zero-order valence-corrected chi connectivity index (χ0v) is 38.5. The first-order chi connectivity index (χ1) is 28.0. The molecule has 0 spiro atoms. The zero-order valence-electron chi connectivity index (χ0n) is 38.5. The molecule has 0 heterocycles. The molecule has 0 saturated carbocycles. The van der Waals surface area contributed by atoms with E-state index in [4.69, 9.17) is 4.74 Å². The Labute approximate surface area is 355 Å². The Morgan fingerprint density at radius 1 is 0.491 bits per heavy atom. The quantitative estimate of drug-likeness (QED) is 0.0323. The van der Waals surface area contributed by atoms with Crippen LogP contribution in [0.25, 0.3) is 0 Å². The van der Waals surface area contributed by atoms with Crippen LogP contribution in [0.1, 0.15) is 278 Å². The van der Waals surface area contributed by atoms with E-state index in [9.17, 15) is 19.8 Å². The van der Waals surface area contributed by atoms with Crippen LogP contribution in [0.5, 0.6) is 0 Å². The molecule has 1 amide bonds. The number of allylic oxidation sites excluding steroid dienone is 2. The lowest BCUT2D eigenvalue weighted by Gasteiger charge is -2.24. The maximum atomic E-state index is 13.2. The molecule has 0 rings (SSSR count). The second-order valence-corrected chi connectivity index (χ2v) is 17.6. The summed E-state index contributed by atoms with van der Waals surface area (Å²) in [5.41, 5.74) is 0. The SMILES string of the molecule is CCCCCCCCC/C=C\CCCCCC(=O)OC(CCCCCCCCCCCCC)CC(=O)NC(CO)C(O)CCCCCCCCCCCCCCC. The Morgan fingerprint density at radius 2 is 0.842 bits per heavy atom. The number of nitrogens with one attached hydrogen (secondary N) is 1. The number of carbonyl (C=O) groups excluding carboxylic acids is 2. The molecule has 338 valence electrons. The molecule has 57 heavy (non-hydrogen) atoms. The number of carbonyl (C=O) groups is 2. The van der Waals surface area contributed by atoms with Crippen molar-refractivity contribution < 1.29 is 24.5 Å². The van der Waals surface area contributed by atoms with Gasteiger partial charge in [-0.05, 0) is 51.4 Å². The Hall–Kier alpha value is -1.40. The maximum absolute atomic E-state index is 13.2. The van der Waals surface area contributed by atoms with Crippen LogP contribution in [0, 0.1) is 0 Å². The van der Waals surface area contributed by atoms with Gasteiger partial charge in [0.05, 0.1) is 25.2 Å². The summed E-state index contributed by atoms with van der Waals surface area (Å²) in [5.74, 6) is -0.478. The molecule has 0 saturated heterocycles. The fourth-order valence-electron chi connectivity index (χ4n) is 7.96. The molecule has 0 aliphatic rings. The van der Waals surface area contributed by atoms with E-state index in [0.29, 0.717) is 19.3 Å². The van der Waals surface area contributed by atoms with Gasteiger partial charge in [0, 0.05) is 6.42 Å². The predicted octanol–water partition coefficient (Wildman–Crippen LogP) is 15.0. The lowest BCUT2D eigenvalue weighted by Crippen LogP contribution is -2.46. The summed E-state index contributed by atoms with van der Waals surface area (Å²) >= 11 is 0. The first-order valence-electron chi connectivity index (χ1n) is 25.4. The second kappa shape index (κ2) is 45.7. The zero-order chi connectivity index (χ0) is 41.7. The fourth-order valence-corrected chi connectivity index (χ4v) is 7.96. The van der Waals surface area contributed by atoms with Crippen LogP contribution in [0.3, 0.4) is 0 Å². The molecule has 3 atom stereocenters. The Bertz CT molecular complexity index is 863. The van der Waals surface area contributed by atoms with Gasteiger partial charge >= 0.3 is 5.97 Å². The number of unbranched alkanes of at least 4 members (excludes halogenated alkanes) is 32. The summed E-state index contributed by atoms with van der Waals surface area (Å²) in [5, 5.41) is 23.7. The van der Waals surface area contributed by atoms with Gasteiger partial charge in [0.2, 0.25) is 5.91 Å². The Balaban J connectivity index is 4.52. The van der Waals surface area contributed by atoms with Gasteiger partial charge < -0.3 is 20.3 Å². The average Bonchev–Trinajstić information content (AvgIpc) is 3.20. The normalized spacial score (nSPS) is 13.3. The summed E-state index contributed by atoms with van der Waals surface area (Å²) in [7, 11) is 0. The summed E-state index contributed by atoms with van der Waals surface area (Å²) in [6, 6.07) is -0.697. The van der Waals surface area contributed by atoms with Crippen molar-refractivity contribution in [1.29, 1.82) is 0 Å². The number of aliphatic hydroxyl groups is 2. The average molecular weight is 806 g/mol. The standard InChI is InChI=1S/C51H99NO5/c1-4-7-10-13-16-19-22-24-26-29-32-35-38-41-44-51(56)57-47(42-39-36-33-30-27-21-18-15-12-9-6-3)45-50(55)52-48(46-53)49(54)43-40-37-34-31-28-25-23-20-17-14-11-8-5-2/h26,29,47-49,53-54H,4-25,27-28,30-46H2,1-3H3,(H,52,55)/b29-26-. The van der Waals surface area contributed by atoms with Gasteiger partial charge in [0.1, 0.15) is 6.10 Å². The van der Waals surface area contributed by atoms with Gasteiger partial charge in [-0.15, -0.1) is 0 Å². The number of rotatable bonds is 46. The Morgan fingerprint density at radius 3 is 1.25 bits per heavy atom. The van der Waals surface area contributed by atoms with E-state index in [1.165, 1.54) is 180 Å². The van der Waals surface area contributed by atoms with Crippen LogP contribution < -0.4 is 5.32 Å². The van der Waals surface area contributed by atoms with Gasteiger partial charge in [0.25, 0.3) is 0 Å². The minimum Gasteiger partial charge on any atom is -0.462 e. The van der Waals surface area contributed by atoms with Crippen molar-refractivity contribution in [2.45, 2.75) is 296 Å². The topological polar surface area (TPSA) is 95.9 Å². The highest BCUT2D eigenvalue weighted by Crippen LogP contribution is 2.18. The highest BCUT2D eigenvalue weighted by Gasteiger charge is 2.24. The maximum Gasteiger partial charge on any atom is 0.306 e. The number of amides is 1. The molecule has 0 radical (unpaired) electrons. The van der Waals surface area contributed by atoms with Gasteiger partial charge in [-0.2, -0.15) is 0 Å². The third-order valence-corrected chi connectivity index (χ3v) is 11.8. The smallest absolute Gasteiger partial charge is 0.306 e. The largest absolute Gasteiger partial charge is 0.462 e. The molecule has 0 bridgehead atoms. The third kappa shape index (κ3) is 41.1. The minimum absolute atomic E-state index is 0.0784. The third-order valence-electron chi connectivity index (χ3n) is 11.8. The molecule has 0 aromatic heterocycles. The van der Waals surface area contributed by atoms with E-state index in [2.05, 4.69) is 38.2 Å². The number of hydrogen-bond donors (Lipinski definition) is 3. The summed E-state index contributed by atoms with van der Waals surface area (Å²) < 4.78 is 5.92. The molecule has 0 aliphatic carbocycles.